The van der Waals surface area contributed by atoms with Gasteiger partial charge in [0.2, 0.25) is 5.91 Å². The lowest BCUT2D eigenvalue weighted by Crippen LogP contribution is -2.21. The number of hydrogen-bond donors (Lipinski definition) is 2. The Kier molecular flexibility index (Phi) is 4.89. The molecule has 1 aromatic heterocycles. The third-order valence-electron chi connectivity index (χ3n) is 4.31. The molecule has 0 atom stereocenters. The summed E-state index contributed by atoms with van der Waals surface area (Å²) >= 11 is 0. The molecule has 0 aliphatic heterocycles. The van der Waals surface area contributed by atoms with E-state index in [1.165, 1.54) is 0 Å². The number of ether oxygens (including phenoxy) is 1. The predicted octanol–water partition coefficient (Wildman–Crippen LogP) is 4.50. The van der Waals surface area contributed by atoms with Crippen molar-refractivity contribution in [2.24, 2.45) is 0 Å². The van der Waals surface area contributed by atoms with Crippen molar-refractivity contribution in [3.63, 3.8) is 0 Å². The fraction of sp³-hybridized carbons (Fsp3) is 0.0435. The summed E-state index contributed by atoms with van der Waals surface area (Å²) in [5.41, 5.74) is 1.45. The van der Waals surface area contributed by atoms with Crippen molar-refractivity contribution >= 4 is 22.5 Å². The number of rotatable bonds is 5. The molecule has 4 aromatic rings. The third kappa shape index (κ3) is 3.94. The lowest BCUT2D eigenvalue weighted by molar-refractivity contribution is -0.115. The number of carbonyl (C=O) groups is 1. The highest BCUT2D eigenvalue weighted by Gasteiger charge is 2.12. The summed E-state index contributed by atoms with van der Waals surface area (Å²) in [6.07, 6.45) is -0.0279. The van der Waals surface area contributed by atoms with Gasteiger partial charge in [-0.05, 0) is 41.8 Å². The van der Waals surface area contributed by atoms with Crippen LogP contribution in [0.3, 0.4) is 0 Å². The first kappa shape index (κ1) is 17.5. The van der Waals surface area contributed by atoms with Gasteiger partial charge >= 0.3 is 0 Å². The third-order valence-corrected chi connectivity index (χ3v) is 4.31. The van der Waals surface area contributed by atoms with Gasteiger partial charge in [0.15, 0.2) is 5.75 Å². The molecular formula is C23H18N2O3. The van der Waals surface area contributed by atoms with Gasteiger partial charge in [-0.3, -0.25) is 9.59 Å². The van der Waals surface area contributed by atoms with Gasteiger partial charge < -0.3 is 15.0 Å². The number of pyridine rings is 1. The maximum Gasteiger partial charge on any atom is 0.252 e. The minimum absolute atomic E-state index is 0.0279. The van der Waals surface area contributed by atoms with Gasteiger partial charge in [-0.1, -0.05) is 48.5 Å². The number of hydrogen-bond acceptors (Lipinski definition) is 3. The fourth-order valence-corrected chi connectivity index (χ4v) is 2.97. The fourth-order valence-electron chi connectivity index (χ4n) is 2.97. The zero-order valence-electron chi connectivity index (χ0n) is 15.0. The Balaban J connectivity index is 1.53. The van der Waals surface area contributed by atoms with Crippen LogP contribution in [0.1, 0.15) is 5.56 Å². The molecule has 0 aliphatic rings. The smallest absolute Gasteiger partial charge is 0.252 e. The molecule has 1 amide bonds. The van der Waals surface area contributed by atoms with Crippen LogP contribution < -0.4 is 15.6 Å². The van der Waals surface area contributed by atoms with E-state index < -0.39 is 0 Å². The van der Waals surface area contributed by atoms with Crippen LogP contribution >= 0.6 is 0 Å². The van der Waals surface area contributed by atoms with Crippen LogP contribution in [0.25, 0.3) is 10.9 Å². The summed E-state index contributed by atoms with van der Waals surface area (Å²) in [6.45, 7) is 0. The lowest BCUT2D eigenvalue weighted by Gasteiger charge is -2.12. The quantitative estimate of drug-likeness (QED) is 0.543. The lowest BCUT2D eigenvalue weighted by atomic mass is 10.1. The highest BCUT2D eigenvalue weighted by atomic mass is 16.5. The van der Waals surface area contributed by atoms with Crippen LogP contribution in [0.4, 0.5) is 5.69 Å². The molecule has 0 unspecified atom stereocenters. The maximum absolute atomic E-state index is 12.6. The largest absolute Gasteiger partial charge is 0.455 e. The summed E-state index contributed by atoms with van der Waals surface area (Å²) in [4.78, 5) is 27.6. The van der Waals surface area contributed by atoms with Crippen LogP contribution in [0, 0.1) is 0 Å². The zero-order valence-corrected chi connectivity index (χ0v) is 15.0. The van der Waals surface area contributed by atoms with Crippen molar-refractivity contribution in [2.45, 2.75) is 6.42 Å². The van der Waals surface area contributed by atoms with Gasteiger partial charge in [-0.25, -0.2) is 0 Å². The normalized spacial score (nSPS) is 10.6. The van der Waals surface area contributed by atoms with Gasteiger partial charge in [0.05, 0.1) is 12.1 Å². The van der Waals surface area contributed by atoms with Crippen LogP contribution in [-0.4, -0.2) is 10.9 Å². The zero-order chi connectivity index (χ0) is 19.3. The summed E-state index contributed by atoms with van der Waals surface area (Å²) in [5, 5.41) is 3.72. The minimum Gasteiger partial charge on any atom is -0.455 e. The molecule has 0 spiro atoms. The second-order valence-electron chi connectivity index (χ2n) is 6.35. The molecule has 0 radical (unpaired) electrons. The Morgan fingerprint density at radius 1 is 0.893 bits per heavy atom. The molecule has 0 fully saturated rings. The van der Waals surface area contributed by atoms with E-state index in [0.29, 0.717) is 22.7 Å². The number of fused-ring (bicyclic) bond motifs is 1. The van der Waals surface area contributed by atoms with E-state index >= 15 is 0 Å². The number of aromatic amines is 1. The number of nitrogens with one attached hydrogen (secondary N) is 2. The van der Waals surface area contributed by atoms with Gasteiger partial charge in [0.25, 0.3) is 5.56 Å². The summed E-state index contributed by atoms with van der Waals surface area (Å²) in [7, 11) is 0. The van der Waals surface area contributed by atoms with Gasteiger partial charge in [-0.15, -0.1) is 0 Å². The first-order chi connectivity index (χ1) is 13.7. The Labute approximate surface area is 161 Å². The summed E-state index contributed by atoms with van der Waals surface area (Å²) in [6, 6.07) is 25.8. The maximum atomic E-state index is 12.6. The monoisotopic (exact) mass is 370 g/mol. The Morgan fingerprint density at radius 3 is 2.46 bits per heavy atom. The van der Waals surface area contributed by atoms with Crippen LogP contribution in [0.5, 0.6) is 11.5 Å². The molecule has 138 valence electrons. The molecule has 2 N–H and O–H groups in total. The number of amides is 1. The number of benzene rings is 3. The minimum atomic E-state index is -0.287. The molecule has 0 saturated heterocycles. The molecular weight excluding hydrogens is 352 g/mol. The van der Waals surface area contributed by atoms with E-state index in [4.69, 9.17) is 4.74 Å². The van der Waals surface area contributed by atoms with E-state index in [1.54, 1.807) is 18.2 Å². The SMILES string of the molecule is O=C(Cc1cc2ccccc2[nH]c1=O)Nc1ccccc1Oc1ccccc1. The van der Waals surface area contributed by atoms with Crippen molar-refractivity contribution in [3.05, 3.63) is 101 Å². The second-order valence-corrected chi connectivity index (χ2v) is 6.35. The average molecular weight is 370 g/mol. The van der Waals surface area contributed by atoms with Crippen molar-refractivity contribution in [1.82, 2.24) is 4.98 Å². The van der Waals surface area contributed by atoms with E-state index in [9.17, 15) is 9.59 Å². The number of para-hydroxylation sites is 4. The molecule has 3 aromatic carbocycles. The Bertz CT molecular complexity index is 1180. The number of H-pyrrole nitrogens is 1. The molecule has 5 heteroatoms. The number of carbonyl (C=O) groups excluding carboxylic acids is 1. The number of anilines is 1. The first-order valence-corrected chi connectivity index (χ1v) is 8.92. The molecule has 0 saturated carbocycles. The van der Waals surface area contributed by atoms with Crippen LogP contribution in [-0.2, 0) is 11.2 Å². The molecule has 0 bridgehead atoms. The Hall–Kier alpha value is -3.86. The van der Waals surface area contributed by atoms with Crippen molar-refractivity contribution in [2.75, 3.05) is 5.32 Å². The summed E-state index contributed by atoms with van der Waals surface area (Å²) in [5.74, 6) is 0.925. The topological polar surface area (TPSA) is 71.2 Å². The standard InChI is InChI=1S/C23H18N2O3/c26-22(15-17-14-16-8-4-5-11-19(16)25-23(17)27)24-20-12-6-7-13-21(20)28-18-9-2-1-3-10-18/h1-14H,15H2,(H,24,26)(H,25,27). The van der Waals surface area contributed by atoms with Crippen molar-refractivity contribution < 1.29 is 9.53 Å². The molecule has 1 heterocycles. The second kappa shape index (κ2) is 7.80. The number of aromatic nitrogens is 1. The molecule has 0 aliphatic carbocycles. The van der Waals surface area contributed by atoms with E-state index in [1.807, 2.05) is 66.7 Å². The molecule has 4 rings (SSSR count). The van der Waals surface area contributed by atoms with E-state index in [-0.39, 0.29) is 17.9 Å². The average Bonchev–Trinajstić information content (AvgIpc) is 2.71. The molecule has 5 nitrogen and oxygen atoms in total. The van der Waals surface area contributed by atoms with Gasteiger partial charge in [0.1, 0.15) is 5.75 Å². The first-order valence-electron chi connectivity index (χ1n) is 8.92. The van der Waals surface area contributed by atoms with Crippen LogP contribution in [0.2, 0.25) is 0 Å². The van der Waals surface area contributed by atoms with Gasteiger partial charge in [0, 0.05) is 11.1 Å². The van der Waals surface area contributed by atoms with E-state index in [2.05, 4.69) is 10.3 Å². The van der Waals surface area contributed by atoms with Crippen LogP contribution in [0.15, 0.2) is 89.7 Å². The highest BCUT2D eigenvalue weighted by molar-refractivity contribution is 5.94. The molecule has 28 heavy (non-hydrogen) atoms. The van der Waals surface area contributed by atoms with Crippen molar-refractivity contribution in [3.8, 4) is 11.5 Å². The summed E-state index contributed by atoms with van der Waals surface area (Å²) < 4.78 is 5.86. The highest BCUT2D eigenvalue weighted by Crippen LogP contribution is 2.29. The van der Waals surface area contributed by atoms with Gasteiger partial charge in [-0.2, -0.15) is 0 Å². The predicted molar refractivity (Wildman–Crippen MR) is 110 cm³/mol. The van der Waals surface area contributed by atoms with E-state index in [0.717, 1.165) is 10.9 Å². The Morgan fingerprint density at radius 2 is 1.61 bits per heavy atom. The van der Waals surface area contributed by atoms with Crippen molar-refractivity contribution in [1.29, 1.82) is 0 Å².